The molecule has 10 heteroatoms. The molecule has 2 amide bonds. The lowest BCUT2D eigenvalue weighted by Crippen LogP contribution is -2.20. The van der Waals surface area contributed by atoms with Crippen molar-refractivity contribution in [3.63, 3.8) is 0 Å². The maximum absolute atomic E-state index is 12.7. The number of nitrogens with zero attached hydrogens (tertiary/aromatic N) is 2. The zero-order valence-corrected chi connectivity index (χ0v) is 24.9. The highest BCUT2D eigenvalue weighted by atomic mass is 79.9. The summed E-state index contributed by atoms with van der Waals surface area (Å²) >= 11 is 4.95. The van der Waals surface area contributed by atoms with E-state index in [4.69, 9.17) is 4.74 Å². The molecule has 0 aliphatic rings. The number of halogens is 1. The van der Waals surface area contributed by atoms with Gasteiger partial charge in [-0.15, -0.1) is 11.3 Å². The standard InChI is InChI=1S/C32H26BrN5O3S/c1-21-7-14-27(15-8-21)36-32-37-28(20-42-32)22-9-11-23(12-10-22)31(40)38-34-18-24-17-25(33)13-16-29(24)41-19-30(39)35-26-5-3-2-4-6-26/h2-18,20H,19H2,1H3,(H,35,39)(H,36,37)(H,38,40)/b34-18+. The van der Waals surface area contributed by atoms with E-state index in [1.54, 1.807) is 42.5 Å². The van der Waals surface area contributed by atoms with Gasteiger partial charge in [0.2, 0.25) is 0 Å². The number of aromatic nitrogens is 1. The van der Waals surface area contributed by atoms with E-state index in [2.05, 4.69) is 42.1 Å². The van der Waals surface area contributed by atoms with Crippen LogP contribution in [0.1, 0.15) is 21.5 Å². The van der Waals surface area contributed by atoms with Gasteiger partial charge in [-0.3, -0.25) is 9.59 Å². The highest BCUT2D eigenvalue weighted by Crippen LogP contribution is 2.27. The van der Waals surface area contributed by atoms with E-state index in [0.29, 0.717) is 22.6 Å². The molecule has 8 nitrogen and oxygen atoms in total. The Labute approximate surface area is 255 Å². The first-order valence-corrected chi connectivity index (χ1v) is 14.6. The molecular weight excluding hydrogens is 614 g/mol. The first-order valence-electron chi connectivity index (χ1n) is 12.9. The van der Waals surface area contributed by atoms with Gasteiger partial charge in [0.25, 0.3) is 11.8 Å². The zero-order valence-electron chi connectivity index (χ0n) is 22.5. The molecule has 0 spiro atoms. The molecular formula is C32H26BrN5O3S. The molecule has 3 N–H and O–H groups in total. The Balaban J connectivity index is 1.17. The largest absolute Gasteiger partial charge is 0.483 e. The zero-order chi connectivity index (χ0) is 29.3. The van der Waals surface area contributed by atoms with Crippen molar-refractivity contribution in [2.45, 2.75) is 6.92 Å². The van der Waals surface area contributed by atoms with Crippen LogP contribution in [0.3, 0.4) is 0 Å². The number of hydrogen-bond donors (Lipinski definition) is 3. The molecule has 1 heterocycles. The molecule has 1 aromatic heterocycles. The van der Waals surface area contributed by atoms with Crippen molar-refractivity contribution >= 4 is 61.8 Å². The highest BCUT2D eigenvalue weighted by Gasteiger charge is 2.10. The number of hydrazone groups is 1. The minimum Gasteiger partial charge on any atom is -0.483 e. The summed E-state index contributed by atoms with van der Waals surface area (Å²) in [5.41, 5.74) is 8.16. The Kier molecular flexibility index (Phi) is 9.37. The number of ether oxygens (including phenoxy) is 1. The maximum Gasteiger partial charge on any atom is 0.271 e. The van der Waals surface area contributed by atoms with Crippen LogP contribution in [-0.4, -0.2) is 29.6 Å². The van der Waals surface area contributed by atoms with E-state index in [1.165, 1.54) is 23.1 Å². The number of aryl methyl sites for hydroxylation is 1. The highest BCUT2D eigenvalue weighted by molar-refractivity contribution is 9.10. The second-order valence-corrected chi connectivity index (χ2v) is 11.0. The van der Waals surface area contributed by atoms with Crippen LogP contribution in [0.2, 0.25) is 0 Å². The Morgan fingerprint density at radius 1 is 0.952 bits per heavy atom. The fourth-order valence-corrected chi connectivity index (χ4v) is 4.97. The molecule has 0 atom stereocenters. The lowest BCUT2D eigenvalue weighted by molar-refractivity contribution is -0.118. The van der Waals surface area contributed by atoms with Crippen LogP contribution in [0, 0.1) is 6.92 Å². The number of benzene rings is 4. The fourth-order valence-electron chi connectivity index (χ4n) is 3.85. The smallest absolute Gasteiger partial charge is 0.271 e. The molecule has 0 aliphatic heterocycles. The van der Waals surface area contributed by atoms with Gasteiger partial charge < -0.3 is 15.4 Å². The van der Waals surface area contributed by atoms with Crippen LogP contribution in [-0.2, 0) is 4.79 Å². The number of carbonyl (C=O) groups is 2. The quantitative estimate of drug-likeness (QED) is 0.109. The third kappa shape index (κ3) is 7.90. The molecule has 5 aromatic rings. The molecule has 0 aliphatic carbocycles. The van der Waals surface area contributed by atoms with Gasteiger partial charge in [-0.2, -0.15) is 5.10 Å². The van der Waals surface area contributed by atoms with Crippen molar-refractivity contribution in [3.05, 3.63) is 124 Å². The average molecular weight is 641 g/mol. The van der Waals surface area contributed by atoms with Gasteiger partial charge in [0.15, 0.2) is 11.7 Å². The van der Waals surface area contributed by atoms with Gasteiger partial charge in [-0.1, -0.05) is 64.0 Å². The fraction of sp³-hybridized carbons (Fsp3) is 0.0625. The van der Waals surface area contributed by atoms with Crippen molar-refractivity contribution in [2.24, 2.45) is 5.10 Å². The van der Waals surface area contributed by atoms with E-state index in [1.807, 2.05) is 66.9 Å². The molecule has 0 saturated carbocycles. The maximum atomic E-state index is 12.7. The first-order chi connectivity index (χ1) is 20.4. The Morgan fingerprint density at radius 2 is 1.71 bits per heavy atom. The van der Waals surface area contributed by atoms with Crippen molar-refractivity contribution in [2.75, 3.05) is 17.2 Å². The third-order valence-electron chi connectivity index (χ3n) is 6.01. The molecule has 4 aromatic carbocycles. The molecule has 42 heavy (non-hydrogen) atoms. The summed E-state index contributed by atoms with van der Waals surface area (Å²) in [7, 11) is 0. The lowest BCUT2D eigenvalue weighted by Gasteiger charge is -2.10. The second kappa shape index (κ2) is 13.7. The Hall–Kier alpha value is -4.80. The topological polar surface area (TPSA) is 105 Å². The molecule has 0 fully saturated rings. The number of amides is 2. The van der Waals surface area contributed by atoms with Crippen molar-refractivity contribution in [1.29, 1.82) is 0 Å². The van der Waals surface area contributed by atoms with E-state index >= 15 is 0 Å². The van der Waals surface area contributed by atoms with E-state index < -0.39 is 0 Å². The van der Waals surface area contributed by atoms with Crippen molar-refractivity contribution in [3.8, 4) is 17.0 Å². The number of para-hydroxylation sites is 1. The molecule has 0 bridgehead atoms. The molecule has 0 unspecified atom stereocenters. The number of anilines is 3. The van der Waals surface area contributed by atoms with Gasteiger partial charge in [-0.25, -0.2) is 10.4 Å². The van der Waals surface area contributed by atoms with Gasteiger partial charge in [0.05, 0.1) is 11.9 Å². The first kappa shape index (κ1) is 28.7. The van der Waals surface area contributed by atoms with Gasteiger partial charge in [0, 0.05) is 37.9 Å². The number of thiazole rings is 1. The van der Waals surface area contributed by atoms with Gasteiger partial charge in [0.1, 0.15) is 5.75 Å². The van der Waals surface area contributed by atoms with Crippen LogP contribution in [0.4, 0.5) is 16.5 Å². The minimum absolute atomic E-state index is 0.182. The number of nitrogens with one attached hydrogen (secondary N) is 3. The number of carbonyl (C=O) groups excluding carboxylic acids is 2. The summed E-state index contributed by atoms with van der Waals surface area (Å²) < 4.78 is 6.51. The minimum atomic E-state index is -0.363. The summed E-state index contributed by atoms with van der Waals surface area (Å²) in [4.78, 5) is 29.7. The normalized spacial score (nSPS) is 10.8. The third-order valence-corrected chi connectivity index (χ3v) is 7.26. The summed E-state index contributed by atoms with van der Waals surface area (Å²) in [6, 6.07) is 29.7. The summed E-state index contributed by atoms with van der Waals surface area (Å²) in [6.07, 6.45) is 1.47. The van der Waals surface area contributed by atoms with Crippen LogP contribution in [0.5, 0.6) is 5.75 Å². The Morgan fingerprint density at radius 3 is 2.48 bits per heavy atom. The predicted octanol–water partition coefficient (Wildman–Crippen LogP) is 7.41. The van der Waals surface area contributed by atoms with Gasteiger partial charge in [-0.05, 0) is 61.5 Å². The van der Waals surface area contributed by atoms with Gasteiger partial charge >= 0.3 is 0 Å². The van der Waals surface area contributed by atoms with E-state index in [9.17, 15) is 9.59 Å². The van der Waals surface area contributed by atoms with Crippen LogP contribution in [0.15, 0.2) is 112 Å². The molecule has 0 saturated heterocycles. The van der Waals surface area contributed by atoms with Crippen molar-refractivity contribution in [1.82, 2.24) is 10.4 Å². The predicted molar refractivity (Wildman–Crippen MR) is 172 cm³/mol. The average Bonchev–Trinajstić information content (AvgIpc) is 3.47. The summed E-state index contributed by atoms with van der Waals surface area (Å²) in [5, 5.41) is 12.9. The summed E-state index contributed by atoms with van der Waals surface area (Å²) in [6.45, 7) is 1.87. The SMILES string of the molecule is Cc1ccc(Nc2nc(-c3ccc(C(=O)N/N=C/c4cc(Br)ccc4OCC(=O)Nc4ccccc4)cc3)cs2)cc1. The van der Waals surface area contributed by atoms with E-state index in [0.717, 1.165) is 26.5 Å². The lowest BCUT2D eigenvalue weighted by atomic mass is 10.1. The van der Waals surface area contributed by atoms with Crippen LogP contribution in [0.25, 0.3) is 11.3 Å². The van der Waals surface area contributed by atoms with E-state index in [-0.39, 0.29) is 18.4 Å². The molecule has 5 rings (SSSR count). The Bertz CT molecular complexity index is 1700. The monoisotopic (exact) mass is 639 g/mol. The van der Waals surface area contributed by atoms with Crippen LogP contribution < -0.4 is 20.8 Å². The van der Waals surface area contributed by atoms with Crippen molar-refractivity contribution < 1.29 is 14.3 Å². The number of rotatable bonds is 10. The molecule has 210 valence electrons. The number of hydrogen-bond acceptors (Lipinski definition) is 7. The molecule has 0 radical (unpaired) electrons. The van der Waals surface area contributed by atoms with Crippen LogP contribution >= 0.6 is 27.3 Å². The second-order valence-electron chi connectivity index (χ2n) is 9.19. The summed E-state index contributed by atoms with van der Waals surface area (Å²) in [5.74, 6) is -0.207.